The van der Waals surface area contributed by atoms with Crippen LogP contribution >= 0.6 is 0 Å². The second kappa shape index (κ2) is 49.5. The van der Waals surface area contributed by atoms with E-state index in [0.717, 1.165) is 103 Å². The van der Waals surface area contributed by atoms with Crippen molar-refractivity contribution in [1.82, 2.24) is 0 Å². The summed E-state index contributed by atoms with van der Waals surface area (Å²) in [5.74, 6) is -0.956. The number of ether oxygens (including phenoxy) is 3. The molecule has 6 heteroatoms. The maximum Gasteiger partial charge on any atom is 0.306 e. The molecule has 350 valence electrons. The second-order valence-electron chi connectivity index (χ2n) is 16.7. The van der Waals surface area contributed by atoms with Crippen molar-refractivity contribution in [3.05, 3.63) is 72.9 Å². The third-order valence-corrected chi connectivity index (χ3v) is 10.7. The number of hydrogen-bond acceptors (Lipinski definition) is 6. The molecule has 0 aromatic rings. The molecule has 6 nitrogen and oxygen atoms in total. The molecule has 0 aliphatic carbocycles. The van der Waals surface area contributed by atoms with Gasteiger partial charge >= 0.3 is 17.9 Å². The summed E-state index contributed by atoms with van der Waals surface area (Å²) in [7, 11) is 0. The number of unbranched alkanes of at least 4 members (excludes halogenated alkanes) is 22. The molecule has 0 aromatic carbocycles. The molecule has 0 aromatic heterocycles. The molecular formula is C55H94O6. The molecule has 0 unspecified atom stereocenters. The lowest BCUT2D eigenvalue weighted by atomic mass is 10.1. The summed E-state index contributed by atoms with van der Waals surface area (Å²) in [5, 5.41) is 0. The predicted molar refractivity (Wildman–Crippen MR) is 261 cm³/mol. The standard InChI is InChI=1S/C55H94O6/c1-4-7-10-13-16-19-22-25-27-30-33-36-39-42-45-48-54(57)60-51-52(50-59-53(56)47-44-41-38-35-32-29-24-21-18-15-12-9-6-3)61-55(58)49-46-43-40-37-34-31-28-26-23-20-17-14-11-8-5-2/h7,10,16,19,21,24-28,33,36,52H,4-6,8-9,11-15,17-18,20,22-23,29-32,34-35,37-51H2,1-3H3/b10-7-,19-16-,24-21-,27-25-,28-26-,36-33-/t52-/m1/s1. The van der Waals surface area contributed by atoms with Crippen molar-refractivity contribution in [3.8, 4) is 0 Å². The molecule has 0 aliphatic rings. The third kappa shape index (κ3) is 47.7. The van der Waals surface area contributed by atoms with Crippen LogP contribution in [-0.2, 0) is 28.6 Å². The topological polar surface area (TPSA) is 78.9 Å². The molecule has 0 radical (unpaired) electrons. The first kappa shape index (κ1) is 57.9. The lowest BCUT2D eigenvalue weighted by molar-refractivity contribution is -0.167. The fourth-order valence-electron chi connectivity index (χ4n) is 6.83. The molecule has 61 heavy (non-hydrogen) atoms. The van der Waals surface area contributed by atoms with Crippen LogP contribution in [0.25, 0.3) is 0 Å². The van der Waals surface area contributed by atoms with Crippen LogP contribution in [0.5, 0.6) is 0 Å². The van der Waals surface area contributed by atoms with Gasteiger partial charge in [0.1, 0.15) is 13.2 Å². The minimum Gasteiger partial charge on any atom is -0.462 e. The number of carbonyl (C=O) groups excluding carboxylic acids is 3. The third-order valence-electron chi connectivity index (χ3n) is 10.7. The Balaban J connectivity index is 4.48. The van der Waals surface area contributed by atoms with E-state index in [9.17, 15) is 14.4 Å². The van der Waals surface area contributed by atoms with Crippen molar-refractivity contribution in [3.63, 3.8) is 0 Å². The van der Waals surface area contributed by atoms with Gasteiger partial charge in [-0.05, 0) is 109 Å². The molecule has 0 bridgehead atoms. The lowest BCUT2D eigenvalue weighted by Crippen LogP contribution is -2.30. The number of carbonyl (C=O) groups is 3. The summed E-state index contributed by atoms with van der Waals surface area (Å²) in [4.78, 5) is 37.9. The van der Waals surface area contributed by atoms with Crippen molar-refractivity contribution in [2.45, 2.75) is 245 Å². The molecule has 0 fully saturated rings. The highest BCUT2D eigenvalue weighted by Crippen LogP contribution is 2.13. The number of hydrogen-bond donors (Lipinski definition) is 0. The van der Waals surface area contributed by atoms with Crippen LogP contribution in [0, 0.1) is 0 Å². The molecule has 0 aliphatic heterocycles. The zero-order valence-corrected chi connectivity index (χ0v) is 39.9. The van der Waals surface area contributed by atoms with E-state index < -0.39 is 6.10 Å². The molecule has 0 N–H and O–H groups in total. The van der Waals surface area contributed by atoms with Crippen molar-refractivity contribution in [2.24, 2.45) is 0 Å². The van der Waals surface area contributed by atoms with E-state index in [1.54, 1.807) is 0 Å². The minimum absolute atomic E-state index is 0.0964. The average Bonchev–Trinajstić information content (AvgIpc) is 3.26. The van der Waals surface area contributed by atoms with Gasteiger partial charge in [0.25, 0.3) is 0 Å². The van der Waals surface area contributed by atoms with Crippen LogP contribution in [0.15, 0.2) is 72.9 Å². The smallest absolute Gasteiger partial charge is 0.306 e. The molecule has 0 heterocycles. The van der Waals surface area contributed by atoms with Gasteiger partial charge in [-0.15, -0.1) is 0 Å². The molecule has 0 saturated carbocycles. The van der Waals surface area contributed by atoms with Gasteiger partial charge in [-0.2, -0.15) is 0 Å². The number of rotatable bonds is 45. The maximum absolute atomic E-state index is 12.8. The van der Waals surface area contributed by atoms with E-state index >= 15 is 0 Å². The Morgan fingerprint density at radius 1 is 0.344 bits per heavy atom. The van der Waals surface area contributed by atoms with E-state index in [1.165, 1.54) is 96.3 Å². The highest BCUT2D eigenvalue weighted by atomic mass is 16.6. The quantitative estimate of drug-likeness (QED) is 0.0263. The van der Waals surface area contributed by atoms with Crippen LogP contribution in [0.4, 0.5) is 0 Å². The van der Waals surface area contributed by atoms with Gasteiger partial charge in [0.15, 0.2) is 6.10 Å². The summed E-state index contributed by atoms with van der Waals surface area (Å²) in [6.45, 7) is 6.45. The Morgan fingerprint density at radius 3 is 1.07 bits per heavy atom. The fourth-order valence-corrected chi connectivity index (χ4v) is 6.83. The molecular weight excluding hydrogens is 757 g/mol. The van der Waals surface area contributed by atoms with Crippen LogP contribution in [0.3, 0.4) is 0 Å². The zero-order chi connectivity index (χ0) is 44.4. The Labute approximate surface area is 376 Å². The monoisotopic (exact) mass is 851 g/mol. The molecule has 0 spiro atoms. The highest BCUT2D eigenvalue weighted by Gasteiger charge is 2.19. The number of allylic oxidation sites excluding steroid dienone is 12. The Hall–Kier alpha value is -3.15. The van der Waals surface area contributed by atoms with Crippen molar-refractivity contribution in [1.29, 1.82) is 0 Å². The SMILES string of the molecule is CC/C=C\C/C=C\C/C=C\C/C=C\CCCCC(=O)OC[C@@H](COC(=O)CCCCCCC/C=C\CCCCCC)OC(=O)CCCCCCC/C=C\CCCCCCCC. The molecule has 0 rings (SSSR count). The van der Waals surface area contributed by atoms with Gasteiger partial charge in [0, 0.05) is 19.3 Å². The Bertz CT molecular complexity index is 1160. The first-order valence-corrected chi connectivity index (χ1v) is 25.4. The largest absolute Gasteiger partial charge is 0.462 e. The van der Waals surface area contributed by atoms with Gasteiger partial charge in [-0.25, -0.2) is 0 Å². The van der Waals surface area contributed by atoms with Gasteiger partial charge < -0.3 is 14.2 Å². The second-order valence-corrected chi connectivity index (χ2v) is 16.7. The van der Waals surface area contributed by atoms with E-state index in [4.69, 9.17) is 14.2 Å². The normalized spacial score (nSPS) is 12.6. The van der Waals surface area contributed by atoms with E-state index in [0.29, 0.717) is 19.3 Å². The van der Waals surface area contributed by atoms with Crippen LogP contribution in [-0.4, -0.2) is 37.2 Å². The maximum atomic E-state index is 12.8. The van der Waals surface area contributed by atoms with Gasteiger partial charge in [-0.1, -0.05) is 184 Å². The van der Waals surface area contributed by atoms with Crippen LogP contribution < -0.4 is 0 Å². The summed E-state index contributed by atoms with van der Waals surface area (Å²) >= 11 is 0. The Kier molecular flexibility index (Phi) is 46.9. The predicted octanol–water partition coefficient (Wildman–Crippen LogP) is 16.6. The minimum atomic E-state index is -0.799. The summed E-state index contributed by atoms with van der Waals surface area (Å²) < 4.78 is 16.7. The van der Waals surface area contributed by atoms with Crippen molar-refractivity contribution >= 4 is 17.9 Å². The van der Waals surface area contributed by atoms with Crippen LogP contribution in [0.1, 0.15) is 239 Å². The van der Waals surface area contributed by atoms with Crippen LogP contribution in [0.2, 0.25) is 0 Å². The van der Waals surface area contributed by atoms with E-state index in [2.05, 4.69) is 93.7 Å². The van der Waals surface area contributed by atoms with Gasteiger partial charge in [0.2, 0.25) is 0 Å². The summed E-state index contributed by atoms with van der Waals surface area (Å²) in [6.07, 6.45) is 61.7. The first-order chi connectivity index (χ1) is 30.0. The fraction of sp³-hybridized carbons (Fsp3) is 0.727. The van der Waals surface area contributed by atoms with E-state index in [1.807, 2.05) is 0 Å². The Morgan fingerprint density at radius 2 is 0.639 bits per heavy atom. The summed E-state index contributed by atoms with van der Waals surface area (Å²) in [5.41, 5.74) is 0. The lowest BCUT2D eigenvalue weighted by Gasteiger charge is -2.18. The summed E-state index contributed by atoms with van der Waals surface area (Å²) in [6, 6.07) is 0. The highest BCUT2D eigenvalue weighted by molar-refractivity contribution is 5.71. The van der Waals surface area contributed by atoms with Crippen molar-refractivity contribution in [2.75, 3.05) is 13.2 Å². The van der Waals surface area contributed by atoms with E-state index in [-0.39, 0.29) is 31.1 Å². The molecule has 0 amide bonds. The zero-order valence-electron chi connectivity index (χ0n) is 39.9. The molecule has 1 atom stereocenters. The van der Waals surface area contributed by atoms with Gasteiger partial charge in [-0.3, -0.25) is 14.4 Å². The average molecular weight is 851 g/mol. The van der Waals surface area contributed by atoms with Gasteiger partial charge in [0.05, 0.1) is 0 Å². The first-order valence-electron chi connectivity index (χ1n) is 25.4. The van der Waals surface area contributed by atoms with Crippen molar-refractivity contribution < 1.29 is 28.6 Å². The molecule has 0 saturated heterocycles. The number of esters is 3.